The highest BCUT2D eigenvalue weighted by molar-refractivity contribution is 5.34. The molecule has 2 rings (SSSR count). The van der Waals surface area contributed by atoms with Crippen molar-refractivity contribution in [2.24, 2.45) is 5.92 Å². The number of pyridine rings is 1. The third kappa shape index (κ3) is 4.18. The lowest BCUT2D eigenvalue weighted by atomic mass is 10.1. The maximum Gasteiger partial charge on any atom is 0.126 e. The molecule has 4 nitrogen and oxygen atoms in total. The summed E-state index contributed by atoms with van der Waals surface area (Å²) in [6, 6.07) is 6.77. The van der Waals surface area contributed by atoms with Crippen molar-refractivity contribution in [3.8, 4) is 0 Å². The number of rotatable bonds is 8. The summed E-state index contributed by atoms with van der Waals surface area (Å²) in [7, 11) is 3.67. The standard InChI is InChI=1S/C15H25N3O/c1-12(13-7-8-13)18(9-10-19-3)11-14-5-4-6-15(16-2)17-14/h4-6,12-13H,7-11H2,1-3H3,(H,16,17). The molecule has 1 atom stereocenters. The molecule has 1 unspecified atom stereocenters. The third-order valence-corrected chi connectivity index (χ3v) is 3.89. The summed E-state index contributed by atoms with van der Waals surface area (Å²) in [5.41, 5.74) is 1.12. The fourth-order valence-corrected chi connectivity index (χ4v) is 2.43. The van der Waals surface area contributed by atoms with Gasteiger partial charge in [0.25, 0.3) is 0 Å². The van der Waals surface area contributed by atoms with Crippen LogP contribution in [0.3, 0.4) is 0 Å². The minimum Gasteiger partial charge on any atom is -0.383 e. The Hall–Kier alpha value is -1.13. The molecule has 0 radical (unpaired) electrons. The molecule has 0 saturated heterocycles. The molecule has 1 fully saturated rings. The predicted octanol–water partition coefficient (Wildman–Crippen LogP) is 2.37. The second-order valence-electron chi connectivity index (χ2n) is 5.31. The van der Waals surface area contributed by atoms with E-state index in [4.69, 9.17) is 4.74 Å². The van der Waals surface area contributed by atoms with Gasteiger partial charge in [0.1, 0.15) is 5.82 Å². The Labute approximate surface area is 116 Å². The number of anilines is 1. The van der Waals surface area contributed by atoms with E-state index in [1.165, 1.54) is 12.8 Å². The van der Waals surface area contributed by atoms with Gasteiger partial charge in [0, 0.05) is 33.3 Å². The zero-order valence-corrected chi connectivity index (χ0v) is 12.2. The first-order valence-corrected chi connectivity index (χ1v) is 7.11. The largest absolute Gasteiger partial charge is 0.383 e. The molecular formula is C15H25N3O. The van der Waals surface area contributed by atoms with Crippen molar-refractivity contribution in [3.05, 3.63) is 23.9 Å². The lowest BCUT2D eigenvalue weighted by Crippen LogP contribution is -2.36. The highest BCUT2D eigenvalue weighted by atomic mass is 16.5. The highest BCUT2D eigenvalue weighted by Gasteiger charge is 2.31. The monoisotopic (exact) mass is 263 g/mol. The first-order valence-electron chi connectivity index (χ1n) is 7.11. The molecule has 1 aliphatic rings. The number of ether oxygens (including phenoxy) is 1. The van der Waals surface area contributed by atoms with E-state index in [0.717, 1.165) is 37.1 Å². The van der Waals surface area contributed by atoms with Crippen LogP contribution in [0, 0.1) is 5.92 Å². The first-order chi connectivity index (χ1) is 9.24. The van der Waals surface area contributed by atoms with E-state index in [0.29, 0.717) is 6.04 Å². The molecule has 1 aromatic heterocycles. The molecule has 1 heterocycles. The summed E-state index contributed by atoms with van der Waals surface area (Å²) >= 11 is 0. The molecule has 0 aromatic carbocycles. The van der Waals surface area contributed by atoms with E-state index in [9.17, 15) is 0 Å². The molecule has 0 bridgehead atoms. The van der Waals surface area contributed by atoms with Gasteiger partial charge >= 0.3 is 0 Å². The van der Waals surface area contributed by atoms with Crippen LogP contribution in [0.5, 0.6) is 0 Å². The van der Waals surface area contributed by atoms with Crippen LogP contribution >= 0.6 is 0 Å². The predicted molar refractivity (Wildman–Crippen MR) is 78.3 cm³/mol. The molecule has 1 N–H and O–H groups in total. The van der Waals surface area contributed by atoms with Crippen molar-refractivity contribution >= 4 is 5.82 Å². The molecule has 19 heavy (non-hydrogen) atoms. The van der Waals surface area contributed by atoms with Gasteiger partial charge in [-0.1, -0.05) is 6.07 Å². The quantitative estimate of drug-likeness (QED) is 0.781. The van der Waals surface area contributed by atoms with Gasteiger partial charge in [-0.05, 0) is 37.8 Å². The van der Waals surface area contributed by atoms with E-state index < -0.39 is 0 Å². The average Bonchev–Trinajstić information content (AvgIpc) is 3.27. The fourth-order valence-electron chi connectivity index (χ4n) is 2.43. The summed E-state index contributed by atoms with van der Waals surface area (Å²) in [6.45, 7) is 4.98. The van der Waals surface area contributed by atoms with Gasteiger partial charge in [-0.15, -0.1) is 0 Å². The normalized spacial score (nSPS) is 16.6. The van der Waals surface area contributed by atoms with Crippen LogP contribution < -0.4 is 5.32 Å². The number of hydrogen-bond acceptors (Lipinski definition) is 4. The van der Waals surface area contributed by atoms with Crippen molar-refractivity contribution in [1.82, 2.24) is 9.88 Å². The minimum atomic E-state index is 0.621. The Bertz CT molecular complexity index is 393. The average molecular weight is 263 g/mol. The van der Waals surface area contributed by atoms with Crippen LogP contribution in [-0.4, -0.2) is 43.2 Å². The lowest BCUT2D eigenvalue weighted by Gasteiger charge is -2.28. The summed E-state index contributed by atoms with van der Waals surface area (Å²) in [4.78, 5) is 7.10. The van der Waals surface area contributed by atoms with Crippen LogP contribution in [0.15, 0.2) is 18.2 Å². The van der Waals surface area contributed by atoms with Crippen molar-refractivity contribution in [1.29, 1.82) is 0 Å². The van der Waals surface area contributed by atoms with Gasteiger partial charge in [0.2, 0.25) is 0 Å². The number of nitrogens with zero attached hydrogens (tertiary/aromatic N) is 2. The van der Waals surface area contributed by atoms with E-state index in [2.05, 4.69) is 34.3 Å². The summed E-state index contributed by atoms with van der Waals surface area (Å²) in [6.07, 6.45) is 2.74. The highest BCUT2D eigenvalue weighted by Crippen LogP contribution is 2.35. The summed E-state index contributed by atoms with van der Waals surface area (Å²) < 4.78 is 5.23. The molecule has 1 aliphatic carbocycles. The molecule has 0 spiro atoms. The number of methoxy groups -OCH3 is 1. The van der Waals surface area contributed by atoms with Crippen LogP contribution in [0.2, 0.25) is 0 Å². The Balaban J connectivity index is 2.00. The fraction of sp³-hybridized carbons (Fsp3) is 0.667. The van der Waals surface area contributed by atoms with Gasteiger partial charge in [-0.25, -0.2) is 4.98 Å². The Morgan fingerprint density at radius 2 is 2.26 bits per heavy atom. The van der Waals surface area contributed by atoms with E-state index in [1.807, 2.05) is 13.1 Å². The maximum absolute atomic E-state index is 5.23. The SMILES string of the molecule is CNc1cccc(CN(CCOC)C(C)C2CC2)n1. The molecule has 106 valence electrons. The van der Waals surface area contributed by atoms with Gasteiger partial charge in [0.15, 0.2) is 0 Å². The van der Waals surface area contributed by atoms with Crippen LogP contribution in [0.25, 0.3) is 0 Å². The Morgan fingerprint density at radius 1 is 1.47 bits per heavy atom. The second-order valence-corrected chi connectivity index (χ2v) is 5.31. The molecule has 4 heteroatoms. The van der Waals surface area contributed by atoms with Crippen molar-refractivity contribution < 1.29 is 4.74 Å². The molecule has 0 aliphatic heterocycles. The van der Waals surface area contributed by atoms with Crippen molar-refractivity contribution in [2.45, 2.75) is 32.4 Å². The van der Waals surface area contributed by atoms with Crippen molar-refractivity contribution in [2.75, 3.05) is 32.6 Å². The van der Waals surface area contributed by atoms with Gasteiger partial charge < -0.3 is 10.1 Å². The van der Waals surface area contributed by atoms with E-state index in [-0.39, 0.29) is 0 Å². The molecule has 1 aromatic rings. The zero-order valence-electron chi connectivity index (χ0n) is 12.2. The van der Waals surface area contributed by atoms with Crippen LogP contribution in [-0.2, 0) is 11.3 Å². The van der Waals surface area contributed by atoms with Crippen LogP contribution in [0.1, 0.15) is 25.5 Å². The third-order valence-electron chi connectivity index (χ3n) is 3.89. The molecular weight excluding hydrogens is 238 g/mol. The number of nitrogens with one attached hydrogen (secondary N) is 1. The maximum atomic E-state index is 5.23. The molecule has 1 saturated carbocycles. The van der Waals surface area contributed by atoms with Gasteiger partial charge in [0.05, 0.1) is 12.3 Å². The summed E-state index contributed by atoms with van der Waals surface area (Å²) in [5.74, 6) is 1.80. The smallest absolute Gasteiger partial charge is 0.126 e. The number of hydrogen-bond donors (Lipinski definition) is 1. The Morgan fingerprint density at radius 3 is 2.89 bits per heavy atom. The van der Waals surface area contributed by atoms with Crippen molar-refractivity contribution in [3.63, 3.8) is 0 Å². The minimum absolute atomic E-state index is 0.621. The first kappa shape index (κ1) is 14.3. The second kappa shape index (κ2) is 6.87. The van der Waals surface area contributed by atoms with Gasteiger partial charge in [-0.2, -0.15) is 0 Å². The van der Waals surface area contributed by atoms with Crippen LogP contribution in [0.4, 0.5) is 5.82 Å². The molecule has 0 amide bonds. The van der Waals surface area contributed by atoms with E-state index in [1.54, 1.807) is 7.11 Å². The number of aromatic nitrogens is 1. The van der Waals surface area contributed by atoms with E-state index >= 15 is 0 Å². The van der Waals surface area contributed by atoms with Gasteiger partial charge in [-0.3, -0.25) is 4.90 Å². The lowest BCUT2D eigenvalue weighted by molar-refractivity contribution is 0.111. The Kier molecular flexibility index (Phi) is 5.16. The topological polar surface area (TPSA) is 37.4 Å². The summed E-state index contributed by atoms with van der Waals surface area (Å²) in [5, 5.41) is 3.09. The zero-order chi connectivity index (χ0) is 13.7.